The Morgan fingerprint density at radius 2 is 2.04 bits per heavy atom. The maximum absolute atomic E-state index is 13.7. The quantitative estimate of drug-likeness (QED) is 0.484. The number of anilines is 1. The zero-order valence-corrected chi connectivity index (χ0v) is 16.8. The number of hydrogen-bond acceptors (Lipinski definition) is 5. The first-order valence-electron chi connectivity index (χ1n) is 9.11. The first kappa shape index (κ1) is 20.1. The number of para-hydroxylation sites is 1. The Balaban J connectivity index is 1.88. The molecule has 0 bridgehead atoms. The van der Waals surface area contributed by atoms with E-state index < -0.39 is 5.82 Å². The Morgan fingerprint density at radius 3 is 2.71 bits per heavy atom. The molecule has 28 heavy (non-hydrogen) atoms. The predicted molar refractivity (Wildman–Crippen MR) is 108 cm³/mol. The smallest absolute Gasteiger partial charge is 0.280 e. The van der Waals surface area contributed by atoms with Crippen LogP contribution in [0.4, 0.5) is 10.1 Å². The molecule has 0 fully saturated rings. The minimum atomic E-state index is -0.495. The van der Waals surface area contributed by atoms with Gasteiger partial charge in [-0.15, -0.1) is 0 Å². The van der Waals surface area contributed by atoms with Crippen LogP contribution in [0.15, 0.2) is 34.2 Å². The molecular formula is C19H22FN5O2S. The maximum atomic E-state index is 13.7. The summed E-state index contributed by atoms with van der Waals surface area (Å²) in [5, 5.41) is 7.38. The molecule has 0 aliphatic carbocycles. The van der Waals surface area contributed by atoms with Crippen molar-refractivity contribution in [2.75, 3.05) is 11.1 Å². The monoisotopic (exact) mass is 403 g/mol. The minimum Gasteiger partial charge on any atom is -0.323 e. The summed E-state index contributed by atoms with van der Waals surface area (Å²) in [5.74, 6) is -0.851. The van der Waals surface area contributed by atoms with Crippen LogP contribution in [0.2, 0.25) is 0 Å². The molecule has 0 atom stereocenters. The molecule has 0 saturated carbocycles. The highest BCUT2D eigenvalue weighted by Gasteiger charge is 2.18. The fourth-order valence-electron chi connectivity index (χ4n) is 2.93. The van der Waals surface area contributed by atoms with E-state index >= 15 is 0 Å². The van der Waals surface area contributed by atoms with Gasteiger partial charge in [0.15, 0.2) is 10.7 Å². The Morgan fingerprint density at radius 1 is 1.29 bits per heavy atom. The molecule has 3 aromatic rings. The average molecular weight is 403 g/mol. The molecule has 0 radical (unpaired) electrons. The summed E-state index contributed by atoms with van der Waals surface area (Å²) < 4.78 is 16.9. The van der Waals surface area contributed by atoms with E-state index in [1.165, 1.54) is 12.1 Å². The molecule has 2 heterocycles. The highest BCUT2D eigenvalue weighted by Crippen LogP contribution is 2.21. The summed E-state index contributed by atoms with van der Waals surface area (Å²) in [7, 11) is 0. The van der Waals surface area contributed by atoms with E-state index in [1.807, 2.05) is 20.8 Å². The van der Waals surface area contributed by atoms with Gasteiger partial charge in [-0.25, -0.2) is 9.37 Å². The highest BCUT2D eigenvalue weighted by atomic mass is 32.2. The average Bonchev–Trinajstić information content (AvgIpc) is 3.00. The Bertz CT molecular complexity index is 1080. The third kappa shape index (κ3) is 3.94. The van der Waals surface area contributed by atoms with Crippen molar-refractivity contribution in [3.05, 3.63) is 46.1 Å². The van der Waals surface area contributed by atoms with Crippen molar-refractivity contribution < 1.29 is 9.18 Å². The topological polar surface area (TPSA) is 81.8 Å². The number of thioether (sulfide) groups is 1. The van der Waals surface area contributed by atoms with Gasteiger partial charge in [-0.2, -0.15) is 5.10 Å². The lowest BCUT2D eigenvalue weighted by molar-refractivity contribution is -0.113. The summed E-state index contributed by atoms with van der Waals surface area (Å²) in [6, 6.07) is 5.98. The van der Waals surface area contributed by atoms with Crippen LogP contribution in [0.1, 0.15) is 26.0 Å². The van der Waals surface area contributed by atoms with Crippen molar-refractivity contribution in [1.82, 2.24) is 19.3 Å². The minimum absolute atomic E-state index is 0.0109. The molecule has 1 amide bonds. The summed E-state index contributed by atoms with van der Waals surface area (Å²) in [6.07, 6.45) is 0.751. The zero-order chi connectivity index (χ0) is 20.3. The second-order valence-electron chi connectivity index (χ2n) is 6.27. The summed E-state index contributed by atoms with van der Waals surface area (Å²) in [5.41, 5.74) is 1.67. The molecule has 7 nitrogen and oxygen atoms in total. The largest absolute Gasteiger partial charge is 0.323 e. The van der Waals surface area contributed by atoms with Crippen molar-refractivity contribution in [3.63, 3.8) is 0 Å². The molecule has 1 N–H and O–H groups in total. The maximum Gasteiger partial charge on any atom is 0.280 e. The molecule has 1 aromatic carbocycles. The van der Waals surface area contributed by atoms with Crippen molar-refractivity contribution in [2.45, 2.75) is 45.4 Å². The SMILES string of the molecule is CCCn1c(SCC(=O)Nc2ccccc2F)nc2c(C)nn(CC)c2c1=O. The number of rotatable bonds is 7. The molecule has 148 valence electrons. The van der Waals surface area contributed by atoms with E-state index in [9.17, 15) is 14.0 Å². The first-order valence-corrected chi connectivity index (χ1v) is 10.1. The predicted octanol–water partition coefficient (Wildman–Crippen LogP) is 3.20. The van der Waals surface area contributed by atoms with Gasteiger partial charge in [0.2, 0.25) is 5.91 Å². The number of fused-ring (bicyclic) bond motifs is 1. The normalized spacial score (nSPS) is 11.1. The van der Waals surface area contributed by atoms with Crippen LogP contribution in [0.3, 0.4) is 0 Å². The zero-order valence-electron chi connectivity index (χ0n) is 16.0. The molecule has 0 unspecified atom stereocenters. The van der Waals surface area contributed by atoms with Gasteiger partial charge in [0.1, 0.15) is 11.3 Å². The van der Waals surface area contributed by atoms with Crippen LogP contribution in [0.25, 0.3) is 11.0 Å². The van der Waals surface area contributed by atoms with Crippen LogP contribution in [0.5, 0.6) is 0 Å². The Hall–Kier alpha value is -2.68. The van der Waals surface area contributed by atoms with Gasteiger partial charge in [0, 0.05) is 13.1 Å². The molecule has 0 spiro atoms. The van der Waals surface area contributed by atoms with E-state index in [0.29, 0.717) is 35.0 Å². The van der Waals surface area contributed by atoms with Crippen LogP contribution in [-0.4, -0.2) is 31.0 Å². The van der Waals surface area contributed by atoms with Crippen molar-refractivity contribution in [2.24, 2.45) is 0 Å². The Kier molecular flexibility index (Phi) is 6.13. The standard InChI is InChI=1S/C19H22FN5O2S/c1-4-10-24-18(27)17-16(12(3)23-25(17)5-2)22-19(24)28-11-15(26)21-14-9-7-6-8-13(14)20/h6-9H,4-5,10-11H2,1-3H3,(H,21,26). The first-order chi connectivity index (χ1) is 13.5. The van der Waals surface area contributed by atoms with Crippen LogP contribution in [-0.2, 0) is 17.9 Å². The lowest BCUT2D eigenvalue weighted by Crippen LogP contribution is -2.25. The Labute approximate surface area is 166 Å². The molecular weight excluding hydrogens is 381 g/mol. The number of carbonyl (C=O) groups excluding carboxylic acids is 1. The molecule has 0 aliphatic rings. The van der Waals surface area contributed by atoms with Gasteiger partial charge in [-0.05, 0) is 32.4 Å². The number of aryl methyl sites for hydroxylation is 2. The fraction of sp³-hybridized carbons (Fsp3) is 0.368. The molecule has 0 aliphatic heterocycles. The van der Waals surface area contributed by atoms with E-state index in [4.69, 9.17) is 0 Å². The number of nitrogens with one attached hydrogen (secondary N) is 1. The molecule has 2 aromatic heterocycles. The van der Waals surface area contributed by atoms with Crippen molar-refractivity contribution in [1.29, 1.82) is 0 Å². The summed E-state index contributed by atoms with van der Waals surface area (Å²) >= 11 is 1.16. The number of hydrogen-bond donors (Lipinski definition) is 1. The third-order valence-electron chi connectivity index (χ3n) is 4.21. The second kappa shape index (κ2) is 8.55. The van der Waals surface area contributed by atoms with Crippen LogP contribution >= 0.6 is 11.8 Å². The second-order valence-corrected chi connectivity index (χ2v) is 7.21. The summed E-state index contributed by atoms with van der Waals surface area (Å²) in [6.45, 7) is 6.77. The highest BCUT2D eigenvalue weighted by molar-refractivity contribution is 7.99. The number of amides is 1. The number of nitrogens with zero attached hydrogens (tertiary/aromatic N) is 4. The van der Waals surface area contributed by atoms with Crippen molar-refractivity contribution >= 4 is 34.4 Å². The summed E-state index contributed by atoms with van der Waals surface area (Å²) in [4.78, 5) is 29.9. The van der Waals surface area contributed by atoms with Gasteiger partial charge >= 0.3 is 0 Å². The number of benzene rings is 1. The van der Waals surface area contributed by atoms with Gasteiger partial charge in [0.25, 0.3) is 5.56 Å². The van der Waals surface area contributed by atoms with Gasteiger partial charge in [-0.1, -0.05) is 30.8 Å². The van der Waals surface area contributed by atoms with Crippen molar-refractivity contribution in [3.8, 4) is 0 Å². The van der Waals surface area contributed by atoms with Gasteiger partial charge in [0.05, 0.1) is 17.1 Å². The molecule has 9 heteroatoms. The van der Waals surface area contributed by atoms with E-state index in [2.05, 4.69) is 15.4 Å². The fourth-order valence-corrected chi connectivity index (χ4v) is 3.75. The lowest BCUT2D eigenvalue weighted by atomic mass is 10.3. The third-order valence-corrected chi connectivity index (χ3v) is 5.19. The number of halogens is 1. The molecule has 0 saturated heterocycles. The van der Waals surface area contributed by atoms with E-state index in [0.717, 1.165) is 18.2 Å². The van der Waals surface area contributed by atoms with Crippen LogP contribution in [0, 0.1) is 12.7 Å². The van der Waals surface area contributed by atoms with Gasteiger partial charge < -0.3 is 5.32 Å². The number of aromatic nitrogens is 4. The lowest BCUT2D eigenvalue weighted by Gasteiger charge is -2.12. The molecule has 3 rings (SSSR count). The van der Waals surface area contributed by atoms with E-state index in [1.54, 1.807) is 21.4 Å². The van der Waals surface area contributed by atoms with Gasteiger partial charge in [-0.3, -0.25) is 18.8 Å². The van der Waals surface area contributed by atoms with Crippen LogP contribution < -0.4 is 10.9 Å². The number of carbonyl (C=O) groups is 1. The van der Waals surface area contributed by atoms with E-state index in [-0.39, 0.29) is 22.9 Å².